The Labute approximate surface area is 121 Å². The van der Waals surface area contributed by atoms with Gasteiger partial charge in [0.1, 0.15) is 5.82 Å². The van der Waals surface area contributed by atoms with E-state index < -0.39 is 0 Å². The SMILES string of the molecule is CC(C)c1cccc(-n2c(=S)[nH]c3ccc(F)cc32)c1. The van der Waals surface area contributed by atoms with Crippen LogP contribution in [0.4, 0.5) is 4.39 Å². The van der Waals surface area contributed by atoms with Crippen LogP contribution in [-0.2, 0) is 0 Å². The minimum atomic E-state index is -0.264. The van der Waals surface area contributed by atoms with Gasteiger partial charge in [-0.05, 0) is 48.0 Å². The summed E-state index contributed by atoms with van der Waals surface area (Å²) >= 11 is 5.37. The van der Waals surface area contributed by atoms with Gasteiger partial charge in [0, 0.05) is 11.8 Å². The van der Waals surface area contributed by atoms with E-state index in [1.807, 2.05) is 16.7 Å². The Morgan fingerprint density at radius 3 is 2.70 bits per heavy atom. The maximum atomic E-state index is 13.5. The Morgan fingerprint density at radius 1 is 1.15 bits per heavy atom. The second-order valence-electron chi connectivity index (χ2n) is 5.18. The van der Waals surface area contributed by atoms with E-state index in [1.165, 1.54) is 17.7 Å². The second-order valence-corrected chi connectivity index (χ2v) is 5.56. The zero-order valence-electron chi connectivity index (χ0n) is 11.4. The van der Waals surface area contributed by atoms with Crippen molar-refractivity contribution in [1.29, 1.82) is 0 Å². The van der Waals surface area contributed by atoms with Crippen LogP contribution in [0.5, 0.6) is 0 Å². The van der Waals surface area contributed by atoms with E-state index in [1.54, 1.807) is 6.07 Å². The second kappa shape index (κ2) is 4.87. The highest BCUT2D eigenvalue weighted by Crippen LogP contribution is 2.23. The van der Waals surface area contributed by atoms with Crippen molar-refractivity contribution in [3.63, 3.8) is 0 Å². The molecule has 0 aliphatic carbocycles. The first-order chi connectivity index (χ1) is 9.56. The van der Waals surface area contributed by atoms with Crippen molar-refractivity contribution in [2.75, 3.05) is 0 Å². The van der Waals surface area contributed by atoms with Gasteiger partial charge in [0.15, 0.2) is 4.77 Å². The number of hydrogen-bond donors (Lipinski definition) is 1. The number of nitrogens with one attached hydrogen (secondary N) is 1. The highest BCUT2D eigenvalue weighted by Gasteiger charge is 2.09. The summed E-state index contributed by atoms with van der Waals surface area (Å²) in [5, 5.41) is 0. The molecule has 0 fully saturated rings. The molecule has 1 aromatic heterocycles. The fourth-order valence-electron chi connectivity index (χ4n) is 2.36. The number of hydrogen-bond acceptors (Lipinski definition) is 1. The van der Waals surface area contributed by atoms with Crippen LogP contribution >= 0.6 is 12.2 Å². The van der Waals surface area contributed by atoms with Gasteiger partial charge in [0.05, 0.1) is 11.0 Å². The summed E-state index contributed by atoms with van der Waals surface area (Å²) < 4.78 is 15.9. The van der Waals surface area contributed by atoms with E-state index >= 15 is 0 Å². The van der Waals surface area contributed by atoms with E-state index in [9.17, 15) is 4.39 Å². The average Bonchev–Trinajstić information content (AvgIpc) is 2.74. The first-order valence-electron chi connectivity index (χ1n) is 6.57. The van der Waals surface area contributed by atoms with Gasteiger partial charge in [0.25, 0.3) is 0 Å². The smallest absolute Gasteiger partial charge is 0.182 e. The Kier molecular flexibility index (Phi) is 3.18. The fraction of sp³-hybridized carbons (Fsp3) is 0.188. The van der Waals surface area contributed by atoms with Gasteiger partial charge in [-0.1, -0.05) is 26.0 Å². The molecule has 0 aliphatic heterocycles. The van der Waals surface area contributed by atoms with E-state index in [-0.39, 0.29) is 5.82 Å². The molecule has 1 N–H and O–H groups in total. The van der Waals surface area contributed by atoms with Crippen LogP contribution in [0.3, 0.4) is 0 Å². The third-order valence-corrected chi connectivity index (χ3v) is 3.73. The molecule has 20 heavy (non-hydrogen) atoms. The molecule has 0 aliphatic rings. The molecule has 0 amide bonds. The fourth-order valence-corrected chi connectivity index (χ4v) is 2.67. The average molecular weight is 286 g/mol. The van der Waals surface area contributed by atoms with Crippen LogP contribution in [0.1, 0.15) is 25.3 Å². The zero-order valence-corrected chi connectivity index (χ0v) is 12.2. The van der Waals surface area contributed by atoms with Crippen LogP contribution < -0.4 is 0 Å². The largest absolute Gasteiger partial charge is 0.330 e. The Morgan fingerprint density at radius 2 is 1.95 bits per heavy atom. The summed E-state index contributed by atoms with van der Waals surface area (Å²) in [6.45, 7) is 4.29. The number of halogens is 1. The van der Waals surface area contributed by atoms with Crippen molar-refractivity contribution in [3.05, 3.63) is 58.6 Å². The summed E-state index contributed by atoms with van der Waals surface area (Å²) in [5.41, 5.74) is 3.79. The number of aromatic nitrogens is 2. The zero-order chi connectivity index (χ0) is 14.3. The molecule has 0 radical (unpaired) electrons. The van der Waals surface area contributed by atoms with E-state index in [4.69, 9.17) is 12.2 Å². The number of benzene rings is 2. The maximum absolute atomic E-state index is 13.5. The van der Waals surface area contributed by atoms with Gasteiger partial charge in [-0.15, -0.1) is 0 Å². The monoisotopic (exact) mass is 286 g/mol. The quantitative estimate of drug-likeness (QED) is 0.661. The van der Waals surface area contributed by atoms with Crippen LogP contribution in [0.15, 0.2) is 42.5 Å². The van der Waals surface area contributed by atoms with Crippen molar-refractivity contribution in [1.82, 2.24) is 9.55 Å². The van der Waals surface area contributed by atoms with Crippen molar-refractivity contribution in [3.8, 4) is 5.69 Å². The van der Waals surface area contributed by atoms with Crippen molar-refractivity contribution < 1.29 is 4.39 Å². The molecule has 2 nitrogen and oxygen atoms in total. The number of nitrogens with zero attached hydrogens (tertiary/aromatic N) is 1. The first-order valence-corrected chi connectivity index (χ1v) is 6.97. The molecule has 0 spiro atoms. The van der Waals surface area contributed by atoms with Gasteiger partial charge < -0.3 is 4.98 Å². The first kappa shape index (κ1) is 13.1. The van der Waals surface area contributed by atoms with Crippen LogP contribution in [0.2, 0.25) is 0 Å². The highest BCUT2D eigenvalue weighted by molar-refractivity contribution is 7.71. The molecule has 4 heteroatoms. The van der Waals surface area contributed by atoms with E-state index in [0.717, 1.165) is 16.7 Å². The molecule has 0 unspecified atom stereocenters. The Bertz CT molecular complexity index is 830. The van der Waals surface area contributed by atoms with Crippen molar-refractivity contribution in [2.24, 2.45) is 0 Å². The standard InChI is InChI=1S/C16H15FN2S/c1-10(2)11-4-3-5-13(8-11)19-15-9-12(17)6-7-14(15)18-16(19)20/h3-10H,1-2H3,(H,18,20). The molecule has 3 rings (SSSR count). The highest BCUT2D eigenvalue weighted by atomic mass is 32.1. The lowest BCUT2D eigenvalue weighted by molar-refractivity contribution is 0.629. The summed E-state index contributed by atoms with van der Waals surface area (Å²) in [6.07, 6.45) is 0. The molecule has 0 saturated carbocycles. The molecular formula is C16H15FN2S. The summed E-state index contributed by atoms with van der Waals surface area (Å²) in [5.74, 6) is 0.173. The number of H-pyrrole nitrogens is 1. The van der Waals surface area contributed by atoms with Gasteiger partial charge in [0.2, 0.25) is 0 Å². The third kappa shape index (κ3) is 2.16. The normalized spacial score (nSPS) is 11.4. The lowest BCUT2D eigenvalue weighted by Gasteiger charge is -2.09. The number of imidazole rings is 1. The van der Waals surface area contributed by atoms with Crippen LogP contribution in [0, 0.1) is 10.6 Å². The topological polar surface area (TPSA) is 20.7 Å². The van der Waals surface area contributed by atoms with Crippen LogP contribution in [-0.4, -0.2) is 9.55 Å². The molecule has 2 aromatic carbocycles. The molecule has 0 saturated heterocycles. The number of aromatic amines is 1. The lowest BCUT2D eigenvalue weighted by Crippen LogP contribution is -1.96. The maximum Gasteiger partial charge on any atom is 0.182 e. The minimum Gasteiger partial charge on any atom is -0.330 e. The van der Waals surface area contributed by atoms with E-state index in [2.05, 4.69) is 31.0 Å². The van der Waals surface area contributed by atoms with Crippen molar-refractivity contribution >= 4 is 23.3 Å². The minimum absolute atomic E-state index is 0.264. The summed E-state index contributed by atoms with van der Waals surface area (Å²) in [4.78, 5) is 3.11. The molecule has 0 atom stereocenters. The van der Waals surface area contributed by atoms with Gasteiger partial charge in [-0.2, -0.15) is 0 Å². The Hall–Kier alpha value is -1.94. The molecule has 102 valence electrons. The third-order valence-electron chi connectivity index (χ3n) is 3.44. The van der Waals surface area contributed by atoms with E-state index in [0.29, 0.717) is 10.7 Å². The molecule has 0 bridgehead atoms. The van der Waals surface area contributed by atoms with Crippen LogP contribution in [0.25, 0.3) is 16.7 Å². The molecular weight excluding hydrogens is 271 g/mol. The molecule has 1 heterocycles. The van der Waals surface area contributed by atoms with Gasteiger partial charge >= 0.3 is 0 Å². The lowest BCUT2D eigenvalue weighted by atomic mass is 10.0. The number of fused-ring (bicyclic) bond motifs is 1. The predicted molar refractivity (Wildman–Crippen MR) is 82.5 cm³/mol. The van der Waals surface area contributed by atoms with Gasteiger partial charge in [-0.25, -0.2) is 4.39 Å². The summed E-state index contributed by atoms with van der Waals surface area (Å²) in [7, 11) is 0. The van der Waals surface area contributed by atoms with Crippen molar-refractivity contribution in [2.45, 2.75) is 19.8 Å². The Balaban J connectivity index is 2.29. The van der Waals surface area contributed by atoms with Gasteiger partial charge in [-0.3, -0.25) is 4.57 Å². The summed E-state index contributed by atoms with van der Waals surface area (Å²) in [6, 6.07) is 12.8. The molecule has 3 aromatic rings. The predicted octanol–water partition coefficient (Wildman–Crippen LogP) is 4.95. The number of rotatable bonds is 2.